The molecule has 0 bridgehead atoms. The molecule has 2 heterocycles. The number of carbonyl (C=O) groups excluding carboxylic acids is 2. The van der Waals surface area contributed by atoms with Crippen molar-refractivity contribution in [3.8, 4) is 11.5 Å². The van der Waals surface area contributed by atoms with E-state index in [2.05, 4.69) is 10.2 Å². The van der Waals surface area contributed by atoms with Crippen molar-refractivity contribution >= 4 is 45.7 Å². The predicted molar refractivity (Wildman–Crippen MR) is 147 cm³/mol. The van der Waals surface area contributed by atoms with Crippen molar-refractivity contribution in [2.45, 2.75) is 16.1 Å². The van der Waals surface area contributed by atoms with Crippen LogP contribution in [-0.4, -0.2) is 41.2 Å². The van der Waals surface area contributed by atoms with Gasteiger partial charge >= 0.3 is 5.91 Å². The molecule has 1 atom stereocenters. The van der Waals surface area contributed by atoms with Gasteiger partial charge in [-0.05, 0) is 29.3 Å². The summed E-state index contributed by atoms with van der Waals surface area (Å²) in [6, 6.07) is 19.0. The summed E-state index contributed by atoms with van der Waals surface area (Å²) in [5.74, 6) is -1.18. The van der Waals surface area contributed by atoms with Crippen molar-refractivity contribution < 1.29 is 28.6 Å². The minimum Gasteiger partial charge on any atom is -0.507 e. The lowest BCUT2D eigenvalue weighted by atomic mass is 9.95. The molecule has 1 saturated heterocycles. The van der Waals surface area contributed by atoms with Crippen molar-refractivity contribution in [2.75, 3.05) is 19.1 Å². The van der Waals surface area contributed by atoms with Gasteiger partial charge in [0, 0.05) is 11.3 Å². The number of nitrogens with zero attached hydrogens (tertiary/aromatic N) is 3. The van der Waals surface area contributed by atoms with E-state index >= 15 is 0 Å². The van der Waals surface area contributed by atoms with Gasteiger partial charge in [-0.1, -0.05) is 77.7 Å². The number of hydrogen-bond acceptors (Lipinski definition) is 9. The van der Waals surface area contributed by atoms with E-state index in [-0.39, 0.29) is 22.3 Å². The molecule has 8 nitrogen and oxygen atoms in total. The number of aliphatic hydroxyl groups excluding tert-OH is 1. The fourth-order valence-electron chi connectivity index (χ4n) is 4.23. The number of rotatable bonds is 8. The van der Waals surface area contributed by atoms with Crippen molar-refractivity contribution in [3.63, 3.8) is 0 Å². The summed E-state index contributed by atoms with van der Waals surface area (Å²) in [6.45, 7) is 0. The third-order valence-electron chi connectivity index (χ3n) is 6.13. The van der Waals surface area contributed by atoms with Gasteiger partial charge in [-0.2, -0.15) is 0 Å². The summed E-state index contributed by atoms with van der Waals surface area (Å²) in [4.78, 5) is 28.0. The van der Waals surface area contributed by atoms with Crippen LogP contribution in [0.5, 0.6) is 11.5 Å². The molecule has 0 aliphatic carbocycles. The maximum Gasteiger partial charge on any atom is 0.301 e. The van der Waals surface area contributed by atoms with Gasteiger partial charge in [-0.25, -0.2) is 4.39 Å². The van der Waals surface area contributed by atoms with E-state index in [9.17, 15) is 19.1 Å². The Morgan fingerprint density at radius 2 is 1.72 bits per heavy atom. The molecule has 1 unspecified atom stereocenters. The van der Waals surface area contributed by atoms with E-state index in [1.807, 2.05) is 0 Å². The predicted octanol–water partition coefficient (Wildman–Crippen LogP) is 5.61. The van der Waals surface area contributed by atoms with Gasteiger partial charge in [0.25, 0.3) is 5.78 Å². The SMILES string of the molecule is COc1ccc(C2/C(=C(/O)c3ccccc3)C(=O)C(=O)N2c2nnc(SCc3ccccc3F)s2)cc1OC. The van der Waals surface area contributed by atoms with Crippen LogP contribution >= 0.6 is 23.1 Å². The highest BCUT2D eigenvalue weighted by Crippen LogP contribution is 2.45. The van der Waals surface area contributed by atoms with Crippen LogP contribution in [-0.2, 0) is 15.3 Å². The molecule has 5 rings (SSSR count). The number of thioether (sulfide) groups is 1. The van der Waals surface area contributed by atoms with Crippen molar-refractivity contribution in [3.05, 3.63) is 101 Å². The van der Waals surface area contributed by atoms with Crippen LogP contribution in [0.25, 0.3) is 5.76 Å². The Hall–Kier alpha value is -4.22. The number of halogens is 1. The number of ether oxygens (including phenoxy) is 2. The first-order chi connectivity index (χ1) is 18.9. The van der Waals surface area contributed by atoms with Gasteiger partial charge in [0.15, 0.2) is 15.8 Å². The van der Waals surface area contributed by atoms with Crippen LogP contribution in [0.1, 0.15) is 22.7 Å². The molecule has 0 spiro atoms. The number of carbonyl (C=O) groups is 2. The monoisotopic (exact) mass is 563 g/mol. The highest BCUT2D eigenvalue weighted by Gasteiger charge is 2.48. The van der Waals surface area contributed by atoms with Gasteiger partial charge in [0.1, 0.15) is 11.6 Å². The molecular weight excluding hydrogens is 541 g/mol. The highest BCUT2D eigenvalue weighted by atomic mass is 32.2. The Morgan fingerprint density at radius 3 is 2.44 bits per heavy atom. The summed E-state index contributed by atoms with van der Waals surface area (Å²) < 4.78 is 25.3. The van der Waals surface area contributed by atoms with Crippen molar-refractivity contribution in [2.24, 2.45) is 0 Å². The molecule has 11 heteroatoms. The molecule has 3 aromatic carbocycles. The Kier molecular flexibility index (Phi) is 7.62. The quantitative estimate of drug-likeness (QED) is 0.0970. The summed E-state index contributed by atoms with van der Waals surface area (Å²) in [5, 5.41) is 19.7. The van der Waals surface area contributed by atoms with Crippen LogP contribution in [0.2, 0.25) is 0 Å². The summed E-state index contributed by atoms with van der Waals surface area (Å²) in [6.07, 6.45) is 0. The fourth-order valence-corrected chi connectivity index (χ4v) is 6.09. The minimum absolute atomic E-state index is 0.0887. The Bertz CT molecular complexity index is 1570. The summed E-state index contributed by atoms with van der Waals surface area (Å²) >= 11 is 2.36. The van der Waals surface area contributed by atoms with E-state index < -0.39 is 17.7 Å². The number of hydrogen-bond donors (Lipinski definition) is 1. The van der Waals surface area contributed by atoms with Gasteiger partial charge < -0.3 is 14.6 Å². The average Bonchev–Trinajstić information content (AvgIpc) is 3.54. The molecule has 1 aliphatic heterocycles. The number of anilines is 1. The lowest BCUT2D eigenvalue weighted by Crippen LogP contribution is -2.29. The standard InChI is InChI=1S/C28H22FN3O5S2/c1-36-20-13-12-17(14-21(20)37-2)23-22(24(33)16-8-4-3-5-9-16)25(34)26(35)32(23)27-30-31-28(39-27)38-15-18-10-6-7-11-19(18)29/h3-14,23,33H,15H2,1-2H3/b24-22-. The molecule has 1 fully saturated rings. The molecule has 198 valence electrons. The van der Waals surface area contributed by atoms with Gasteiger partial charge in [-0.15, -0.1) is 10.2 Å². The molecule has 1 amide bonds. The third-order valence-corrected chi connectivity index (χ3v) is 8.23. The Balaban J connectivity index is 1.58. The summed E-state index contributed by atoms with van der Waals surface area (Å²) in [5.41, 5.74) is 1.31. The number of aromatic nitrogens is 2. The fraction of sp³-hybridized carbons (Fsp3) is 0.143. The van der Waals surface area contributed by atoms with E-state index in [1.165, 1.54) is 36.9 Å². The smallest absolute Gasteiger partial charge is 0.301 e. The third kappa shape index (κ3) is 5.10. The zero-order chi connectivity index (χ0) is 27.5. The second-order valence-corrected chi connectivity index (χ2v) is 10.6. The normalized spacial score (nSPS) is 16.5. The second-order valence-electron chi connectivity index (χ2n) is 8.38. The Morgan fingerprint density at radius 1 is 1.00 bits per heavy atom. The van der Waals surface area contributed by atoms with E-state index in [0.717, 1.165) is 11.3 Å². The van der Waals surface area contributed by atoms with Crippen LogP contribution in [0.3, 0.4) is 0 Å². The summed E-state index contributed by atoms with van der Waals surface area (Å²) in [7, 11) is 2.98. The first kappa shape index (κ1) is 26.4. The lowest BCUT2D eigenvalue weighted by Gasteiger charge is -2.23. The van der Waals surface area contributed by atoms with Crippen LogP contribution in [0.4, 0.5) is 9.52 Å². The first-order valence-electron chi connectivity index (χ1n) is 11.7. The number of aliphatic hydroxyl groups is 1. The second kappa shape index (κ2) is 11.3. The van der Waals surface area contributed by atoms with Crippen LogP contribution in [0, 0.1) is 5.82 Å². The molecule has 0 radical (unpaired) electrons. The van der Waals surface area contributed by atoms with Crippen LogP contribution < -0.4 is 14.4 Å². The van der Waals surface area contributed by atoms with E-state index in [1.54, 1.807) is 66.7 Å². The first-order valence-corrected chi connectivity index (χ1v) is 13.5. The van der Waals surface area contributed by atoms with Gasteiger partial charge in [-0.3, -0.25) is 14.5 Å². The minimum atomic E-state index is -1.01. The number of benzene rings is 3. The van der Waals surface area contributed by atoms with E-state index in [0.29, 0.717) is 38.3 Å². The maximum atomic E-state index is 14.1. The van der Waals surface area contributed by atoms with Crippen LogP contribution in [0.15, 0.2) is 82.7 Å². The molecule has 1 N–H and O–H groups in total. The average molecular weight is 564 g/mol. The lowest BCUT2D eigenvalue weighted by molar-refractivity contribution is -0.132. The zero-order valence-corrected chi connectivity index (χ0v) is 22.5. The van der Waals surface area contributed by atoms with Crippen molar-refractivity contribution in [1.29, 1.82) is 0 Å². The molecule has 4 aromatic rings. The molecule has 1 aromatic heterocycles. The number of amides is 1. The number of ketones is 1. The Labute approximate surface area is 231 Å². The number of methoxy groups -OCH3 is 2. The molecule has 0 saturated carbocycles. The molecular formula is C28H22FN3O5S2. The molecule has 39 heavy (non-hydrogen) atoms. The van der Waals surface area contributed by atoms with Crippen molar-refractivity contribution in [1.82, 2.24) is 10.2 Å². The number of Topliss-reactive ketones (excluding diaryl/α,β-unsaturated/α-hetero) is 1. The molecule has 1 aliphatic rings. The highest BCUT2D eigenvalue weighted by molar-refractivity contribution is 8.00. The van der Waals surface area contributed by atoms with Gasteiger partial charge in [0.05, 0.1) is 25.8 Å². The topological polar surface area (TPSA) is 102 Å². The maximum absolute atomic E-state index is 14.1. The largest absolute Gasteiger partial charge is 0.507 e. The van der Waals surface area contributed by atoms with E-state index in [4.69, 9.17) is 9.47 Å². The van der Waals surface area contributed by atoms with Gasteiger partial charge in [0.2, 0.25) is 5.13 Å². The zero-order valence-electron chi connectivity index (χ0n) is 20.8.